The first-order valence-electron chi connectivity index (χ1n) is 10.2. The summed E-state index contributed by atoms with van der Waals surface area (Å²) in [6, 6.07) is 4.29. The maximum absolute atomic E-state index is 13.1. The van der Waals surface area contributed by atoms with E-state index >= 15 is 0 Å². The molecule has 164 valence electrons. The lowest BCUT2D eigenvalue weighted by Gasteiger charge is -2.30. The van der Waals surface area contributed by atoms with Crippen LogP contribution in [0.3, 0.4) is 0 Å². The molecule has 0 amide bonds. The van der Waals surface area contributed by atoms with Gasteiger partial charge in [0.05, 0.1) is 12.0 Å². The molecular weight excluding hydrogens is 396 g/mol. The Kier molecular flexibility index (Phi) is 6.29. The molecule has 0 radical (unpaired) electrons. The summed E-state index contributed by atoms with van der Waals surface area (Å²) in [6.45, 7) is 7.66. The summed E-state index contributed by atoms with van der Waals surface area (Å²) in [4.78, 5) is 13.1. The molecule has 0 saturated carbocycles. The molecule has 6 nitrogen and oxygen atoms in total. The highest BCUT2D eigenvalue weighted by atomic mass is 16.5. The van der Waals surface area contributed by atoms with Gasteiger partial charge in [-0.3, -0.25) is 4.79 Å². The quantitative estimate of drug-likeness (QED) is 0.490. The number of phenolic OH excluding ortho intramolecular Hbond substituents is 4. The van der Waals surface area contributed by atoms with Crippen molar-refractivity contribution >= 4 is 5.78 Å². The zero-order chi connectivity index (χ0) is 22.9. The van der Waals surface area contributed by atoms with E-state index in [1.807, 2.05) is 39.8 Å². The standard InChI is InChI=1S/C25H28O6/c1-13(2)8-10-15-23(29)16(11-9-14(3)4)25-22(24(15)30)19(28)12-20(31-25)21-17(26)6-5-7-18(21)27/h5-9,20,26-27,29-30H,10-12H2,1-4H3/t20-/m0/s1. The van der Waals surface area contributed by atoms with Gasteiger partial charge in [0.2, 0.25) is 0 Å². The second kappa shape index (κ2) is 8.76. The summed E-state index contributed by atoms with van der Waals surface area (Å²) in [5.41, 5.74) is 2.82. The molecule has 2 aromatic carbocycles. The van der Waals surface area contributed by atoms with Crippen LogP contribution in [0.1, 0.15) is 67.3 Å². The fraction of sp³-hybridized carbons (Fsp3) is 0.320. The second-order valence-electron chi connectivity index (χ2n) is 8.27. The summed E-state index contributed by atoms with van der Waals surface area (Å²) >= 11 is 0. The highest BCUT2D eigenvalue weighted by Crippen LogP contribution is 2.50. The average molecular weight is 424 g/mol. The number of aromatic hydroxyl groups is 4. The number of fused-ring (bicyclic) bond motifs is 1. The predicted molar refractivity (Wildman–Crippen MR) is 118 cm³/mol. The van der Waals surface area contributed by atoms with E-state index < -0.39 is 6.10 Å². The maximum atomic E-state index is 13.1. The van der Waals surface area contributed by atoms with Crippen LogP contribution in [0.25, 0.3) is 0 Å². The Labute approximate surface area is 181 Å². The topological polar surface area (TPSA) is 107 Å². The molecular formula is C25H28O6. The molecule has 4 N–H and O–H groups in total. The molecule has 2 aromatic rings. The number of ketones is 1. The molecule has 1 heterocycles. The number of benzene rings is 2. The third-order valence-corrected chi connectivity index (χ3v) is 5.32. The van der Waals surface area contributed by atoms with Crippen LogP contribution in [0.5, 0.6) is 28.7 Å². The van der Waals surface area contributed by atoms with Gasteiger partial charge in [0.15, 0.2) is 5.78 Å². The molecule has 0 aromatic heterocycles. The third-order valence-electron chi connectivity index (χ3n) is 5.32. The summed E-state index contributed by atoms with van der Waals surface area (Å²) in [7, 11) is 0. The lowest BCUT2D eigenvalue weighted by Crippen LogP contribution is -2.22. The first-order valence-corrected chi connectivity index (χ1v) is 10.2. The van der Waals surface area contributed by atoms with Crippen LogP contribution in [0.4, 0.5) is 0 Å². The van der Waals surface area contributed by atoms with E-state index in [2.05, 4.69) is 0 Å². The van der Waals surface area contributed by atoms with Gasteiger partial charge in [-0.2, -0.15) is 0 Å². The van der Waals surface area contributed by atoms with Gasteiger partial charge >= 0.3 is 0 Å². The Bertz CT molecular complexity index is 1070. The fourth-order valence-corrected chi connectivity index (χ4v) is 3.68. The molecule has 0 unspecified atom stereocenters. The van der Waals surface area contributed by atoms with Gasteiger partial charge in [-0.1, -0.05) is 29.4 Å². The van der Waals surface area contributed by atoms with Crippen LogP contribution in [0, 0.1) is 0 Å². The molecule has 0 fully saturated rings. The molecule has 0 aliphatic carbocycles. The van der Waals surface area contributed by atoms with Crippen LogP contribution in [0.2, 0.25) is 0 Å². The van der Waals surface area contributed by atoms with E-state index in [4.69, 9.17) is 4.74 Å². The van der Waals surface area contributed by atoms with E-state index in [0.717, 1.165) is 11.1 Å². The van der Waals surface area contributed by atoms with E-state index in [9.17, 15) is 25.2 Å². The van der Waals surface area contributed by atoms with Crippen molar-refractivity contribution < 1.29 is 30.0 Å². The number of carbonyl (C=O) groups excluding carboxylic acids is 1. The Morgan fingerprint density at radius 3 is 2.03 bits per heavy atom. The first kappa shape index (κ1) is 22.3. The molecule has 0 bridgehead atoms. The van der Waals surface area contributed by atoms with Gasteiger partial charge < -0.3 is 25.2 Å². The van der Waals surface area contributed by atoms with E-state index in [1.54, 1.807) is 0 Å². The number of allylic oxidation sites excluding steroid dienone is 4. The SMILES string of the molecule is CC(C)=CCc1c(O)c(CC=C(C)C)c2c(c1O)C(=O)C[C@@H](c1c(O)cccc1O)O2. The number of carbonyl (C=O) groups is 1. The molecule has 1 aliphatic heterocycles. The number of ether oxygens (including phenoxy) is 1. The predicted octanol–water partition coefficient (Wildman–Crippen LogP) is 5.23. The minimum atomic E-state index is -0.950. The van der Waals surface area contributed by atoms with Crippen molar-refractivity contribution in [1.82, 2.24) is 0 Å². The van der Waals surface area contributed by atoms with Crippen LogP contribution in [-0.4, -0.2) is 26.2 Å². The molecule has 6 heteroatoms. The van der Waals surface area contributed by atoms with E-state index in [1.165, 1.54) is 18.2 Å². The molecule has 3 rings (SSSR count). The van der Waals surface area contributed by atoms with Crippen LogP contribution >= 0.6 is 0 Å². The summed E-state index contributed by atoms with van der Waals surface area (Å²) < 4.78 is 6.05. The number of hydrogen-bond acceptors (Lipinski definition) is 6. The van der Waals surface area contributed by atoms with E-state index in [-0.39, 0.29) is 64.1 Å². The molecule has 1 aliphatic rings. The lowest BCUT2D eigenvalue weighted by atomic mass is 9.88. The number of rotatable bonds is 5. The maximum Gasteiger partial charge on any atom is 0.174 e. The molecule has 31 heavy (non-hydrogen) atoms. The Morgan fingerprint density at radius 1 is 0.935 bits per heavy atom. The van der Waals surface area contributed by atoms with Crippen molar-refractivity contribution in [2.45, 2.75) is 53.1 Å². The summed E-state index contributed by atoms with van der Waals surface area (Å²) in [5.74, 6) is -1.11. The minimum absolute atomic E-state index is 0.0262. The van der Waals surface area contributed by atoms with E-state index in [0.29, 0.717) is 12.0 Å². The smallest absolute Gasteiger partial charge is 0.174 e. The summed E-state index contributed by atoms with van der Waals surface area (Å²) in [6.07, 6.45) is 3.21. The third kappa shape index (κ3) is 4.38. The number of phenols is 4. The number of Topliss-reactive ketones (excluding diaryl/α,β-unsaturated/α-hetero) is 1. The second-order valence-corrected chi connectivity index (χ2v) is 8.27. The van der Waals surface area contributed by atoms with Crippen molar-refractivity contribution in [3.8, 4) is 28.7 Å². The Balaban J connectivity index is 2.21. The van der Waals surface area contributed by atoms with Gasteiger partial charge in [-0.25, -0.2) is 0 Å². The molecule has 0 saturated heterocycles. The van der Waals surface area contributed by atoms with Gasteiger partial charge in [0.1, 0.15) is 40.4 Å². The summed E-state index contributed by atoms with van der Waals surface area (Å²) in [5, 5.41) is 42.3. The van der Waals surface area contributed by atoms with Crippen molar-refractivity contribution in [3.05, 3.63) is 63.8 Å². The monoisotopic (exact) mass is 424 g/mol. The van der Waals surface area contributed by atoms with Gasteiger partial charge in [-0.15, -0.1) is 0 Å². The van der Waals surface area contributed by atoms with Gasteiger partial charge in [-0.05, 0) is 52.7 Å². The molecule has 0 spiro atoms. The lowest BCUT2D eigenvalue weighted by molar-refractivity contribution is 0.0836. The van der Waals surface area contributed by atoms with Gasteiger partial charge in [0.25, 0.3) is 0 Å². The Morgan fingerprint density at radius 2 is 1.48 bits per heavy atom. The van der Waals surface area contributed by atoms with Crippen molar-refractivity contribution in [2.24, 2.45) is 0 Å². The first-order chi connectivity index (χ1) is 14.6. The largest absolute Gasteiger partial charge is 0.507 e. The van der Waals surface area contributed by atoms with Crippen molar-refractivity contribution in [2.75, 3.05) is 0 Å². The van der Waals surface area contributed by atoms with Crippen molar-refractivity contribution in [1.29, 1.82) is 0 Å². The normalized spacial score (nSPS) is 15.1. The zero-order valence-electron chi connectivity index (χ0n) is 18.2. The van der Waals surface area contributed by atoms with Crippen LogP contribution in [-0.2, 0) is 12.8 Å². The fourth-order valence-electron chi connectivity index (χ4n) is 3.68. The Hall–Kier alpha value is -3.41. The highest BCUT2D eigenvalue weighted by molar-refractivity contribution is 6.04. The molecule has 1 atom stereocenters. The zero-order valence-corrected chi connectivity index (χ0v) is 18.2. The highest BCUT2D eigenvalue weighted by Gasteiger charge is 2.37. The van der Waals surface area contributed by atoms with Gasteiger partial charge in [0, 0.05) is 11.1 Å². The number of hydrogen-bond donors (Lipinski definition) is 4. The van der Waals surface area contributed by atoms with Crippen LogP contribution in [0.15, 0.2) is 41.5 Å². The minimum Gasteiger partial charge on any atom is -0.507 e. The van der Waals surface area contributed by atoms with Crippen LogP contribution < -0.4 is 4.74 Å². The van der Waals surface area contributed by atoms with Crippen molar-refractivity contribution in [3.63, 3.8) is 0 Å². The average Bonchev–Trinajstić information content (AvgIpc) is 2.66.